The highest BCUT2D eigenvalue weighted by Crippen LogP contribution is 2.12. The van der Waals surface area contributed by atoms with E-state index in [1.807, 2.05) is 51.2 Å². The van der Waals surface area contributed by atoms with Crippen LogP contribution in [0.1, 0.15) is 35.7 Å². The molecule has 1 amide bonds. The van der Waals surface area contributed by atoms with E-state index in [9.17, 15) is 4.79 Å². The topological polar surface area (TPSA) is 78.4 Å². The Hall–Kier alpha value is -1.68. The molecule has 0 aliphatic carbocycles. The number of amides is 1. The predicted molar refractivity (Wildman–Crippen MR) is 124 cm³/mol. The van der Waals surface area contributed by atoms with Crippen LogP contribution in [-0.4, -0.2) is 23.9 Å². The van der Waals surface area contributed by atoms with E-state index < -0.39 is 0 Å². The van der Waals surface area contributed by atoms with Gasteiger partial charge in [0.25, 0.3) is 0 Å². The molecule has 1 aromatic heterocycles. The SMILES string of the molecule is CN=C(NCc1cccc(NC(=O)CC(C)C)c1)NCc1ncc(C)s1.I. The van der Waals surface area contributed by atoms with Gasteiger partial charge in [-0.2, -0.15) is 0 Å². The second-order valence-corrected chi connectivity index (χ2v) is 7.81. The number of guanidine groups is 1. The Balaban J connectivity index is 0.00000364. The first kappa shape index (κ1) is 23.4. The Bertz CT molecular complexity index is 760. The van der Waals surface area contributed by atoms with E-state index in [2.05, 4.69) is 25.9 Å². The summed E-state index contributed by atoms with van der Waals surface area (Å²) in [4.78, 5) is 21.7. The zero-order chi connectivity index (χ0) is 18.9. The number of thiazole rings is 1. The number of anilines is 1. The first-order valence-corrected chi connectivity index (χ1v) is 9.52. The number of nitrogens with one attached hydrogen (secondary N) is 3. The van der Waals surface area contributed by atoms with Crippen molar-refractivity contribution in [2.45, 2.75) is 40.3 Å². The Labute approximate surface area is 182 Å². The minimum Gasteiger partial charge on any atom is -0.352 e. The lowest BCUT2D eigenvalue weighted by Gasteiger charge is -2.12. The third-order valence-electron chi connectivity index (χ3n) is 3.56. The molecule has 0 atom stereocenters. The zero-order valence-corrected chi connectivity index (χ0v) is 19.4. The molecule has 0 fully saturated rings. The van der Waals surface area contributed by atoms with Crippen molar-refractivity contribution in [2.24, 2.45) is 10.9 Å². The molecule has 6 nitrogen and oxygen atoms in total. The van der Waals surface area contributed by atoms with Crippen LogP contribution in [0.5, 0.6) is 0 Å². The maximum Gasteiger partial charge on any atom is 0.224 e. The number of hydrogen-bond donors (Lipinski definition) is 3. The highest BCUT2D eigenvalue weighted by atomic mass is 127. The molecule has 0 saturated heterocycles. The highest BCUT2D eigenvalue weighted by molar-refractivity contribution is 14.0. The molecule has 1 aromatic carbocycles. The summed E-state index contributed by atoms with van der Waals surface area (Å²) in [6.07, 6.45) is 2.40. The summed E-state index contributed by atoms with van der Waals surface area (Å²) in [6, 6.07) is 7.83. The molecule has 1 heterocycles. The van der Waals surface area contributed by atoms with Crippen molar-refractivity contribution in [1.29, 1.82) is 0 Å². The molecule has 2 rings (SSSR count). The Morgan fingerprint density at radius 1 is 1.26 bits per heavy atom. The fraction of sp³-hybridized carbons (Fsp3) is 0.421. The molecule has 0 saturated carbocycles. The number of benzene rings is 1. The summed E-state index contributed by atoms with van der Waals surface area (Å²) in [5.74, 6) is 1.10. The van der Waals surface area contributed by atoms with Crippen molar-refractivity contribution in [3.63, 3.8) is 0 Å². The summed E-state index contributed by atoms with van der Waals surface area (Å²) >= 11 is 1.67. The molecule has 8 heteroatoms. The van der Waals surface area contributed by atoms with Gasteiger partial charge in [0.2, 0.25) is 5.91 Å². The standard InChI is InChI=1S/C19H27N5OS.HI/c1-13(2)8-17(25)24-16-7-5-6-15(9-16)11-22-19(20-4)23-12-18-21-10-14(3)26-18;/h5-7,9-10,13H,8,11-12H2,1-4H3,(H,24,25)(H2,20,22,23);1H. The lowest BCUT2D eigenvalue weighted by molar-refractivity contribution is -0.116. The molecule has 0 aliphatic heterocycles. The molecule has 0 unspecified atom stereocenters. The molecule has 0 spiro atoms. The van der Waals surface area contributed by atoms with Crippen LogP contribution in [0.25, 0.3) is 0 Å². The number of nitrogens with zero attached hydrogens (tertiary/aromatic N) is 2. The molecule has 0 aliphatic rings. The fourth-order valence-corrected chi connectivity index (χ4v) is 3.12. The molecule has 0 radical (unpaired) electrons. The first-order chi connectivity index (χ1) is 12.5. The van der Waals surface area contributed by atoms with Gasteiger partial charge in [-0.25, -0.2) is 4.98 Å². The molecule has 2 aromatic rings. The summed E-state index contributed by atoms with van der Waals surface area (Å²) in [5, 5.41) is 10.5. The van der Waals surface area contributed by atoms with Gasteiger partial charge >= 0.3 is 0 Å². The van der Waals surface area contributed by atoms with Crippen LogP contribution in [0.4, 0.5) is 5.69 Å². The van der Waals surface area contributed by atoms with Crippen LogP contribution in [0.15, 0.2) is 35.5 Å². The van der Waals surface area contributed by atoms with Crippen LogP contribution in [0, 0.1) is 12.8 Å². The van der Waals surface area contributed by atoms with Gasteiger partial charge in [-0.3, -0.25) is 9.79 Å². The van der Waals surface area contributed by atoms with Crippen molar-refractivity contribution < 1.29 is 4.79 Å². The van der Waals surface area contributed by atoms with Crippen molar-refractivity contribution in [1.82, 2.24) is 15.6 Å². The van der Waals surface area contributed by atoms with Gasteiger partial charge in [0.05, 0.1) is 6.54 Å². The number of carbonyl (C=O) groups is 1. The second kappa shape index (κ2) is 11.9. The summed E-state index contributed by atoms with van der Waals surface area (Å²) in [5.41, 5.74) is 1.89. The van der Waals surface area contributed by atoms with E-state index in [4.69, 9.17) is 0 Å². The quantitative estimate of drug-likeness (QED) is 0.305. The number of aryl methyl sites for hydroxylation is 1. The van der Waals surface area contributed by atoms with E-state index in [0.29, 0.717) is 31.4 Å². The monoisotopic (exact) mass is 501 g/mol. The number of rotatable bonds is 7. The first-order valence-electron chi connectivity index (χ1n) is 8.71. The molecule has 0 bridgehead atoms. The number of hydrogen-bond acceptors (Lipinski definition) is 4. The minimum atomic E-state index is 0. The zero-order valence-electron chi connectivity index (χ0n) is 16.2. The molecule has 3 N–H and O–H groups in total. The number of halogens is 1. The van der Waals surface area contributed by atoms with E-state index in [1.165, 1.54) is 4.88 Å². The molecular formula is C19H28IN5OS. The van der Waals surface area contributed by atoms with Crippen LogP contribution in [0.3, 0.4) is 0 Å². The van der Waals surface area contributed by atoms with Crippen LogP contribution in [0.2, 0.25) is 0 Å². The Kier molecular flexibility index (Phi) is 10.3. The molecule has 148 valence electrons. The summed E-state index contributed by atoms with van der Waals surface area (Å²) in [7, 11) is 1.74. The predicted octanol–water partition coefficient (Wildman–Crippen LogP) is 3.92. The molecular weight excluding hydrogens is 473 g/mol. The highest BCUT2D eigenvalue weighted by Gasteiger charge is 2.06. The smallest absolute Gasteiger partial charge is 0.224 e. The van der Waals surface area contributed by atoms with E-state index in [-0.39, 0.29) is 29.9 Å². The van der Waals surface area contributed by atoms with Gasteiger partial charge in [0.15, 0.2) is 5.96 Å². The van der Waals surface area contributed by atoms with Crippen molar-refractivity contribution >= 4 is 52.9 Å². The average Bonchev–Trinajstić information content (AvgIpc) is 3.00. The summed E-state index contributed by atoms with van der Waals surface area (Å²) in [6.45, 7) is 7.37. The third kappa shape index (κ3) is 8.70. The fourth-order valence-electron chi connectivity index (χ4n) is 2.39. The van der Waals surface area contributed by atoms with Crippen LogP contribution >= 0.6 is 35.3 Å². The van der Waals surface area contributed by atoms with Gasteiger partial charge < -0.3 is 16.0 Å². The second-order valence-electron chi connectivity index (χ2n) is 6.49. The lowest BCUT2D eigenvalue weighted by atomic mass is 10.1. The molecule has 27 heavy (non-hydrogen) atoms. The maximum atomic E-state index is 11.9. The Morgan fingerprint density at radius 2 is 2.00 bits per heavy atom. The third-order valence-corrected chi connectivity index (χ3v) is 4.48. The van der Waals surface area contributed by atoms with Crippen LogP contribution in [-0.2, 0) is 17.9 Å². The van der Waals surface area contributed by atoms with Crippen molar-refractivity contribution in [3.05, 3.63) is 45.9 Å². The van der Waals surface area contributed by atoms with E-state index in [0.717, 1.165) is 16.3 Å². The van der Waals surface area contributed by atoms with E-state index >= 15 is 0 Å². The van der Waals surface area contributed by atoms with Gasteiger partial charge in [0, 0.05) is 36.8 Å². The van der Waals surface area contributed by atoms with Gasteiger partial charge in [0.1, 0.15) is 5.01 Å². The Morgan fingerprint density at radius 3 is 2.63 bits per heavy atom. The number of aliphatic imine (C=N–C) groups is 1. The maximum absolute atomic E-state index is 11.9. The van der Waals surface area contributed by atoms with Crippen molar-refractivity contribution in [3.8, 4) is 0 Å². The van der Waals surface area contributed by atoms with Gasteiger partial charge in [-0.05, 0) is 30.5 Å². The van der Waals surface area contributed by atoms with E-state index in [1.54, 1.807) is 18.4 Å². The largest absolute Gasteiger partial charge is 0.352 e. The lowest BCUT2D eigenvalue weighted by Crippen LogP contribution is -2.36. The average molecular weight is 501 g/mol. The number of aromatic nitrogens is 1. The minimum absolute atomic E-state index is 0. The summed E-state index contributed by atoms with van der Waals surface area (Å²) < 4.78 is 0. The number of carbonyl (C=O) groups excluding carboxylic acids is 1. The van der Waals surface area contributed by atoms with Crippen LogP contribution < -0.4 is 16.0 Å². The van der Waals surface area contributed by atoms with Gasteiger partial charge in [-0.1, -0.05) is 26.0 Å². The normalized spacial score (nSPS) is 11.1. The van der Waals surface area contributed by atoms with Gasteiger partial charge in [-0.15, -0.1) is 35.3 Å². The van der Waals surface area contributed by atoms with Crippen molar-refractivity contribution in [2.75, 3.05) is 12.4 Å².